The van der Waals surface area contributed by atoms with Gasteiger partial charge in [-0.3, -0.25) is 4.79 Å². The van der Waals surface area contributed by atoms with Crippen LogP contribution in [0.5, 0.6) is 0 Å². The summed E-state index contributed by atoms with van der Waals surface area (Å²) in [7, 11) is 0. The molecule has 0 aromatic carbocycles. The van der Waals surface area contributed by atoms with Crippen molar-refractivity contribution in [2.75, 3.05) is 5.73 Å². The number of likely N-dealkylation sites (tertiary alicyclic amines) is 1. The van der Waals surface area contributed by atoms with Crippen molar-refractivity contribution in [2.45, 2.75) is 57.5 Å². The lowest BCUT2D eigenvalue weighted by atomic mass is 9.82. The Morgan fingerprint density at radius 2 is 2.04 bits per heavy atom. The minimum Gasteiger partial charge on any atom is -0.480 e. The summed E-state index contributed by atoms with van der Waals surface area (Å²) in [5.74, 6) is -1.74. The van der Waals surface area contributed by atoms with Gasteiger partial charge in [-0.15, -0.1) is 12.4 Å². The summed E-state index contributed by atoms with van der Waals surface area (Å²) in [6.45, 7) is 1.92. The number of β-lactam (4-membered cyclic amide) rings is 1. The maximum Gasteiger partial charge on any atom is 0.327 e. The van der Waals surface area contributed by atoms with Gasteiger partial charge in [-0.2, -0.15) is 0 Å². The second-order valence-corrected chi connectivity index (χ2v) is 7.53. The first-order valence-electron chi connectivity index (χ1n) is 9.45. The number of carbonyl (C=O) groups is 3. The number of halogens is 1. The van der Waals surface area contributed by atoms with E-state index in [4.69, 9.17) is 5.73 Å². The first-order valence-corrected chi connectivity index (χ1v) is 9.45. The van der Waals surface area contributed by atoms with Crippen LogP contribution in [0.15, 0.2) is 18.3 Å². The molecular formula is C19H27ClN4O4. The molecule has 0 spiro atoms. The largest absolute Gasteiger partial charge is 0.480 e. The van der Waals surface area contributed by atoms with Crippen molar-refractivity contribution >= 4 is 36.1 Å². The number of anilines is 1. The molecule has 2 aliphatic rings. The third kappa shape index (κ3) is 4.55. The summed E-state index contributed by atoms with van der Waals surface area (Å²) >= 11 is 0. The highest BCUT2D eigenvalue weighted by molar-refractivity contribution is 6.07. The molecule has 1 aromatic heterocycles. The van der Waals surface area contributed by atoms with Crippen molar-refractivity contribution < 1.29 is 19.5 Å². The molecule has 154 valence electrons. The van der Waals surface area contributed by atoms with Gasteiger partial charge in [0.1, 0.15) is 5.82 Å². The molecule has 1 aromatic rings. The highest BCUT2D eigenvalue weighted by Crippen LogP contribution is 2.31. The summed E-state index contributed by atoms with van der Waals surface area (Å²) in [5, 5.41) is 12.4. The Hall–Kier alpha value is -2.35. The van der Waals surface area contributed by atoms with Gasteiger partial charge in [0.25, 0.3) is 0 Å². The van der Waals surface area contributed by atoms with Gasteiger partial charge in [0.15, 0.2) is 6.04 Å². The van der Waals surface area contributed by atoms with Crippen molar-refractivity contribution in [3.05, 3.63) is 23.9 Å². The van der Waals surface area contributed by atoms with Gasteiger partial charge >= 0.3 is 12.0 Å². The zero-order valence-electron chi connectivity index (χ0n) is 15.8. The van der Waals surface area contributed by atoms with E-state index in [2.05, 4.69) is 10.3 Å². The highest BCUT2D eigenvalue weighted by Gasteiger charge is 2.54. The lowest BCUT2D eigenvalue weighted by Gasteiger charge is -2.43. The fraction of sp³-hybridized carbons (Fsp3) is 0.579. The van der Waals surface area contributed by atoms with E-state index < -0.39 is 29.9 Å². The average Bonchev–Trinajstić information content (AvgIpc) is 2.64. The Morgan fingerprint density at radius 3 is 2.64 bits per heavy atom. The maximum atomic E-state index is 12.6. The minimum absolute atomic E-state index is 0. The van der Waals surface area contributed by atoms with Crippen LogP contribution in [0, 0.1) is 11.8 Å². The number of carbonyl (C=O) groups excluding carboxylic acids is 2. The fourth-order valence-electron chi connectivity index (χ4n) is 4.15. The van der Waals surface area contributed by atoms with E-state index >= 15 is 0 Å². The number of urea groups is 1. The lowest BCUT2D eigenvalue weighted by Crippen LogP contribution is -2.69. The van der Waals surface area contributed by atoms with Crippen LogP contribution in [-0.4, -0.2) is 45.0 Å². The van der Waals surface area contributed by atoms with Crippen molar-refractivity contribution in [1.29, 1.82) is 0 Å². The number of aliphatic carboxylic acids is 1. The average molecular weight is 411 g/mol. The number of rotatable bonds is 5. The monoisotopic (exact) mass is 410 g/mol. The summed E-state index contributed by atoms with van der Waals surface area (Å²) in [6, 6.07) is 1.44. The minimum atomic E-state index is -1.18. The number of carboxylic acids is 1. The van der Waals surface area contributed by atoms with Crippen LogP contribution in [0.1, 0.15) is 44.6 Å². The molecule has 3 amide bonds. The number of nitrogens with zero attached hydrogens (tertiary/aromatic N) is 2. The fourth-order valence-corrected chi connectivity index (χ4v) is 4.15. The second-order valence-electron chi connectivity index (χ2n) is 7.53. The SMILES string of the molecule is CC(NC(=O)N1C(=O)[C@H](Cc2ccnc(N)c2)[C@H]1C(=O)O)C1CCCCC1.Cl. The molecule has 1 unspecified atom stereocenters. The van der Waals surface area contributed by atoms with Crippen LogP contribution in [-0.2, 0) is 16.0 Å². The summed E-state index contributed by atoms with van der Waals surface area (Å²) in [5.41, 5.74) is 6.36. The third-order valence-electron chi connectivity index (χ3n) is 5.69. The number of nitrogen functional groups attached to an aromatic ring is 1. The molecule has 2 heterocycles. The van der Waals surface area contributed by atoms with E-state index in [0.717, 1.165) is 36.1 Å². The van der Waals surface area contributed by atoms with Gasteiger partial charge in [-0.05, 0) is 49.8 Å². The van der Waals surface area contributed by atoms with E-state index in [9.17, 15) is 19.5 Å². The normalized spacial score (nSPS) is 23.3. The third-order valence-corrected chi connectivity index (χ3v) is 5.69. The summed E-state index contributed by atoms with van der Waals surface area (Å²) < 4.78 is 0. The zero-order valence-corrected chi connectivity index (χ0v) is 16.7. The van der Waals surface area contributed by atoms with Gasteiger partial charge in [-0.1, -0.05) is 19.3 Å². The van der Waals surface area contributed by atoms with E-state index in [1.54, 1.807) is 12.1 Å². The van der Waals surface area contributed by atoms with Crippen LogP contribution in [0.2, 0.25) is 0 Å². The van der Waals surface area contributed by atoms with Gasteiger partial charge < -0.3 is 16.2 Å². The van der Waals surface area contributed by atoms with Gasteiger partial charge in [-0.25, -0.2) is 19.5 Å². The standard InChI is InChI=1S/C19H26N4O4.ClH/c1-11(13-5-3-2-4-6-13)22-19(27)23-16(18(25)26)14(17(23)24)9-12-7-8-21-15(20)10-12;/h7-8,10-11,13-14,16H,2-6,9H2,1H3,(H2,20,21)(H,22,27)(H,25,26);1H/t11?,14-,16+;/m1./s1. The molecule has 0 radical (unpaired) electrons. The first kappa shape index (κ1) is 21.9. The molecule has 2 fully saturated rings. The number of amides is 3. The van der Waals surface area contributed by atoms with E-state index in [1.807, 2.05) is 6.92 Å². The number of carboxylic acid groups (broad SMARTS) is 1. The molecule has 3 atom stereocenters. The quantitative estimate of drug-likeness (QED) is 0.639. The number of pyridine rings is 1. The zero-order chi connectivity index (χ0) is 19.6. The maximum absolute atomic E-state index is 12.6. The molecule has 1 saturated carbocycles. The number of imide groups is 1. The van der Waals surface area contributed by atoms with Crippen LogP contribution < -0.4 is 11.1 Å². The Bertz CT molecular complexity index is 738. The predicted octanol–water partition coefficient (Wildman–Crippen LogP) is 2.22. The molecule has 4 N–H and O–H groups in total. The Labute approximate surface area is 170 Å². The second kappa shape index (κ2) is 9.23. The van der Waals surface area contributed by atoms with Crippen LogP contribution in [0.3, 0.4) is 0 Å². The molecule has 0 bridgehead atoms. The summed E-state index contributed by atoms with van der Waals surface area (Å²) in [6.07, 6.45) is 7.31. The van der Waals surface area contributed by atoms with E-state index in [1.165, 1.54) is 12.6 Å². The topological polar surface area (TPSA) is 126 Å². The first-order chi connectivity index (χ1) is 12.9. The van der Waals surface area contributed by atoms with E-state index in [-0.39, 0.29) is 24.9 Å². The Kier molecular flexibility index (Phi) is 7.23. The molecule has 1 aliphatic carbocycles. The number of aromatic nitrogens is 1. The summed E-state index contributed by atoms with van der Waals surface area (Å²) in [4.78, 5) is 41.5. The van der Waals surface area contributed by atoms with Crippen LogP contribution >= 0.6 is 12.4 Å². The van der Waals surface area contributed by atoms with Crippen LogP contribution in [0.25, 0.3) is 0 Å². The van der Waals surface area contributed by atoms with Crippen molar-refractivity contribution in [1.82, 2.24) is 15.2 Å². The van der Waals surface area contributed by atoms with Crippen LogP contribution in [0.4, 0.5) is 10.6 Å². The molecule has 9 heteroatoms. The molecule has 28 heavy (non-hydrogen) atoms. The molecule has 8 nitrogen and oxygen atoms in total. The molecular weight excluding hydrogens is 384 g/mol. The van der Waals surface area contributed by atoms with E-state index in [0.29, 0.717) is 11.7 Å². The highest BCUT2D eigenvalue weighted by atomic mass is 35.5. The van der Waals surface area contributed by atoms with Crippen molar-refractivity contribution in [2.24, 2.45) is 11.8 Å². The number of hydrogen-bond acceptors (Lipinski definition) is 5. The number of nitrogens with one attached hydrogen (secondary N) is 1. The number of hydrogen-bond donors (Lipinski definition) is 3. The van der Waals surface area contributed by atoms with Gasteiger partial charge in [0.05, 0.1) is 5.92 Å². The van der Waals surface area contributed by atoms with Crippen molar-refractivity contribution in [3.8, 4) is 0 Å². The molecule has 1 aliphatic heterocycles. The molecule has 1 saturated heterocycles. The van der Waals surface area contributed by atoms with Gasteiger partial charge in [0, 0.05) is 12.2 Å². The molecule has 3 rings (SSSR count). The Morgan fingerprint density at radius 1 is 1.36 bits per heavy atom. The lowest BCUT2D eigenvalue weighted by molar-refractivity contribution is -0.165. The van der Waals surface area contributed by atoms with Gasteiger partial charge in [0.2, 0.25) is 5.91 Å². The number of nitrogens with two attached hydrogens (primary N) is 1. The predicted molar refractivity (Wildman–Crippen MR) is 106 cm³/mol. The Balaban J connectivity index is 0.00000280. The smallest absolute Gasteiger partial charge is 0.327 e. The van der Waals surface area contributed by atoms with Crippen molar-refractivity contribution in [3.63, 3.8) is 0 Å².